The van der Waals surface area contributed by atoms with E-state index in [1.807, 2.05) is 72.0 Å². The number of aliphatic hydroxyl groups excluding tert-OH is 3. The molecule has 14 atom stereocenters. The SMILES string of the molecule is CCCNC(=O)[C@@H](N)CCCCNC(=O)CCOCCOCCOCCOCCOCCOCCOCCOCCOCCOCCOCCOC(=O)Nc1cc(C[N+]2(C)CCCC[C@@H]2C(=O)N[C@H](C(=O)N(C)[C@H](C[C@@H](OC(C)=O)c2nc(C(=O)N[C@@H](Cc3ccccc3)C[C@H](C)C(=O)O)cs2)C(C)C)[C@@H](C)CC)ccc1O[C@@H]1O[C@H](C(=O)O)[C@@H](O)[C@H](O)[C@H]1O. The summed E-state index contributed by atoms with van der Waals surface area (Å²) >= 11 is 1.11. The van der Waals surface area contributed by atoms with Crippen molar-refractivity contribution < 1.29 is 144 Å². The average molecular weight is 1800 g/mol. The van der Waals surface area contributed by atoms with Crippen LogP contribution in [0.5, 0.6) is 5.75 Å². The molecule has 125 heavy (non-hydrogen) atoms. The molecule has 2 aromatic carbocycles. The number of esters is 1. The fourth-order valence-corrected chi connectivity index (χ4v) is 14.6. The quantitative estimate of drug-likeness (QED) is 0.0213. The highest BCUT2D eigenvalue weighted by molar-refractivity contribution is 7.09. The molecule has 0 bridgehead atoms. The van der Waals surface area contributed by atoms with E-state index in [1.54, 1.807) is 36.4 Å². The molecule has 12 N–H and O–H groups in total. The number of aliphatic hydroxyl groups is 3. The Balaban J connectivity index is 0.972. The second-order valence-corrected chi connectivity index (χ2v) is 32.3. The van der Waals surface area contributed by atoms with Gasteiger partial charge in [-0.3, -0.25) is 38.9 Å². The van der Waals surface area contributed by atoms with Gasteiger partial charge in [-0.2, -0.15) is 0 Å². The molecule has 708 valence electrons. The summed E-state index contributed by atoms with van der Waals surface area (Å²) < 4.78 is 83.9. The van der Waals surface area contributed by atoms with Crippen LogP contribution >= 0.6 is 11.3 Å². The Labute approximate surface area is 737 Å². The summed E-state index contributed by atoms with van der Waals surface area (Å²) in [7, 11) is 3.56. The van der Waals surface area contributed by atoms with Crippen LogP contribution in [0.2, 0.25) is 0 Å². The van der Waals surface area contributed by atoms with Gasteiger partial charge >= 0.3 is 24.0 Å². The predicted octanol–water partition coefficient (Wildman–Crippen LogP) is 4.33. The van der Waals surface area contributed by atoms with Gasteiger partial charge in [-0.1, -0.05) is 78.3 Å². The van der Waals surface area contributed by atoms with Crippen molar-refractivity contribution in [3.63, 3.8) is 0 Å². The van der Waals surface area contributed by atoms with Gasteiger partial charge < -0.3 is 133 Å². The Morgan fingerprint density at radius 1 is 0.656 bits per heavy atom. The third-order valence-electron chi connectivity index (χ3n) is 21.0. The summed E-state index contributed by atoms with van der Waals surface area (Å²) in [5.41, 5.74) is 7.39. The minimum Gasteiger partial charge on any atom is -0.481 e. The molecule has 2 saturated heterocycles. The lowest BCUT2D eigenvalue weighted by Crippen LogP contribution is -2.63. The zero-order chi connectivity index (χ0) is 91.3. The topological polar surface area (TPSA) is 496 Å². The second kappa shape index (κ2) is 61.6. The van der Waals surface area contributed by atoms with Gasteiger partial charge in [0.05, 0.1) is 177 Å². The number of piperidine rings is 1. The van der Waals surface area contributed by atoms with E-state index in [9.17, 15) is 59.1 Å². The minimum absolute atomic E-state index is 0.0202. The molecule has 5 rings (SSSR count). The van der Waals surface area contributed by atoms with Crippen LogP contribution in [0.25, 0.3) is 0 Å². The fourth-order valence-electron chi connectivity index (χ4n) is 13.8. The van der Waals surface area contributed by atoms with Gasteiger partial charge in [0, 0.05) is 69.4 Å². The normalized spacial score (nSPS) is 19.3. The molecule has 1 aromatic heterocycles. The van der Waals surface area contributed by atoms with Gasteiger partial charge in [0.1, 0.15) is 54.0 Å². The van der Waals surface area contributed by atoms with E-state index in [1.165, 1.54) is 13.0 Å². The standard InChI is InChI=1S/C86H139N9O29S/c1-10-26-89-78(101)65(87)21-15-17-27-88-72(97)25-29-110-30-31-111-32-33-112-34-35-113-36-37-114-38-39-115-40-41-116-42-43-117-44-45-118-46-47-119-48-49-120-50-51-121-86(109)92-66-54-63(23-24-70(66)123-85-76(100)74(98)75(99)77(124-85)84(107)108)56-95(9)28-18-16-22-69(95)80(103)93-73(59(5)11-2)82(104)94(8)68(58(3)4)55-71(122-61(7)96)81-91-67(57-125-81)79(102)90-64(52-60(6)83(105)106)53-62-19-13-12-14-20-62/h12-14,19-20,23-24,54,57-60,64-65,68-69,71,73-77,85,98-100H,10-11,15-18,21-22,25-53,55-56,87H2,1-9H3,(H6-,88,89,90,92,93,97,101,102,103,105,106,107,108,109)/p+1/t59-,60-,64+,65-,68+,69+,71+,73-,74-,75-,76+,77-,85+,95?/m0/s1. The lowest BCUT2D eigenvalue weighted by molar-refractivity contribution is -0.942. The van der Waals surface area contributed by atoms with E-state index in [0.717, 1.165) is 42.6 Å². The summed E-state index contributed by atoms with van der Waals surface area (Å²) in [5.74, 6) is -6.25. The number of amides is 6. The number of benzene rings is 2. The number of rotatable bonds is 68. The Morgan fingerprint density at radius 3 is 1.73 bits per heavy atom. The van der Waals surface area contributed by atoms with Crippen molar-refractivity contribution in [1.82, 2.24) is 31.2 Å². The molecule has 38 nitrogen and oxygen atoms in total. The highest BCUT2D eigenvalue weighted by atomic mass is 32.1. The monoisotopic (exact) mass is 1790 g/mol. The number of carboxylic acid groups (broad SMARTS) is 2. The maximum absolute atomic E-state index is 15.1. The molecule has 1 unspecified atom stereocenters. The summed E-state index contributed by atoms with van der Waals surface area (Å²) in [6.07, 6.45) is -5.56. The molecule has 0 radical (unpaired) electrons. The number of unbranched alkanes of at least 4 members (excludes halogenated alkanes) is 1. The predicted molar refractivity (Wildman–Crippen MR) is 457 cm³/mol. The van der Waals surface area contributed by atoms with E-state index in [4.69, 9.17) is 76.8 Å². The van der Waals surface area contributed by atoms with Crippen LogP contribution in [0.4, 0.5) is 10.5 Å². The van der Waals surface area contributed by atoms with Crippen LogP contribution < -0.4 is 37.1 Å². The van der Waals surface area contributed by atoms with Gasteiger partial charge in [0.2, 0.25) is 24.0 Å². The largest absolute Gasteiger partial charge is 0.481 e. The molecular weight excluding hydrogens is 1660 g/mol. The number of likely N-dealkylation sites (N-methyl/N-ethyl adjacent to an activating group) is 2. The van der Waals surface area contributed by atoms with Crippen molar-refractivity contribution in [3.05, 3.63) is 75.7 Å². The fraction of sp³-hybridized carbons (Fsp3) is 0.721. The maximum Gasteiger partial charge on any atom is 0.411 e. The van der Waals surface area contributed by atoms with Crippen molar-refractivity contribution in [1.29, 1.82) is 0 Å². The van der Waals surface area contributed by atoms with Gasteiger partial charge in [0.15, 0.2) is 18.2 Å². The Morgan fingerprint density at radius 2 is 1.21 bits per heavy atom. The van der Waals surface area contributed by atoms with Crippen molar-refractivity contribution in [2.45, 2.75) is 199 Å². The number of ether oxygens (including phenoxy) is 15. The zero-order valence-corrected chi connectivity index (χ0v) is 75.0. The van der Waals surface area contributed by atoms with Crippen molar-refractivity contribution in [3.8, 4) is 5.75 Å². The first kappa shape index (κ1) is 108. The van der Waals surface area contributed by atoms with Crippen LogP contribution in [0.15, 0.2) is 53.9 Å². The first-order chi connectivity index (χ1) is 60.1. The van der Waals surface area contributed by atoms with Gasteiger partial charge in [-0.25, -0.2) is 14.6 Å². The number of carboxylic acids is 2. The molecule has 6 amide bonds. The van der Waals surface area contributed by atoms with Crippen LogP contribution in [0, 0.1) is 17.8 Å². The minimum atomic E-state index is -2.01. The molecule has 0 aliphatic carbocycles. The molecule has 39 heteroatoms. The number of nitrogens with one attached hydrogen (secondary N) is 5. The highest BCUT2D eigenvalue weighted by Crippen LogP contribution is 2.36. The number of carbonyl (C=O) groups is 9. The molecule has 0 spiro atoms. The van der Waals surface area contributed by atoms with Gasteiger partial charge in [0.25, 0.3) is 11.8 Å². The molecule has 3 heterocycles. The third-order valence-corrected chi connectivity index (χ3v) is 22.0. The zero-order valence-electron chi connectivity index (χ0n) is 74.2. The van der Waals surface area contributed by atoms with E-state index in [2.05, 4.69) is 31.6 Å². The number of carbonyl (C=O) groups excluding carboxylic acids is 7. The van der Waals surface area contributed by atoms with Crippen LogP contribution in [0.1, 0.15) is 152 Å². The summed E-state index contributed by atoms with van der Waals surface area (Å²) in [5, 5.41) is 67.8. The lowest BCUT2D eigenvalue weighted by atomic mass is 9.92. The number of aromatic nitrogens is 1. The first-order valence-electron chi connectivity index (χ1n) is 43.5. The maximum atomic E-state index is 15.1. The van der Waals surface area contributed by atoms with Crippen molar-refractivity contribution >= 4 is 70.6 Å². The molecular formula is C86H140N9O29S+. The Hall–Kier alpha value is -7.78. The van der Waals surface area contributed by atoms with E-state index < -0.39 is 103 Å². The average Bonchev–Trinajstić information content (AvgIpc) is 1.28. The summed E-state index contributed by atoms with van der Waals surface area (Å²) in [6, 6.07) is 10.7. The van der Waals surface area contributed by atoms with E-state index in [-0.39, 0.29) is 116 Å². The first-order valence-corrected chi connectivity index (χ1v) is 44.4. The van der Waals surface area contributed by atoms with E-state index in [0.29, 0.717) is 181 Å². The number of nitrogens with zero attached hydrogens (tertiary/aromatic N) is 3. The Kier molecular flexibility index (Phi) is 53.1. The van der Waals surface area contributed by atoms with Crippen LogP contribution in [0.3, 0.4) is 0 Å². The van der Waals surface area contributed by atoms with E-state index >= 15 is 9.59 Å². The summed E-state index contributed by atoms with van der Waals surface area (Å²) in [4.78, 5) is 124. The van der Waals surface area contributed by atoms with Crippen LogP contribution in [-0.2, 0) is 113 Å². The number of thiazole rings is 1. The summed E-state index contributed by atoms with van der Waals surface area (Å²) in [6.45, 7) is 21.7. The number of aliphatic carboxylic acids is 2. The number of hydrogen-bond donors (Lipinski definition) is 11. The van der Waals surface area contributed by atoms with Crippen molar-refractivity contribution in [2.75, 3.05) is 191 Å². The second-order valence-electron chi connectivity index (χ2n) is 31.4. The number of anilines is 1. The third kappa shape index (κ3) is 41.9. The van der Waals surface area contributed by atoms with Crippen molar-refractivity contribution in [2.24, 2.45) is 23.5 Å². The number of likely N-dealkylation sites (tertiary alicyclic amines) is 1. The lowest BCUT2D eigenvalue weighted by Gasteiger charge is -2.44. The van der Waals surface area contributed by atoms with Gasteiger partial charge in [-0.15, -0.1) is 11.3 Å². The molecule has 3 aromatic rings. The number of quaternary nitrogens is 1. The van der Waals surface area contributed by atoms with Gasteiger partial charge in [-0.05, 0) is 87.0 Å². The molecule has 2 fully saturated rings. The molecule has 0 saturated carbocycles. The van der Waals surface area contributed by atoms with Crippen LogP contribution in [-0.4, -0.2) is 340 Å². The highest BCUT2D eigenvalue weighted by Gasteiger charge is 2.49. The smallest absolute Gasteiger partial charge is 0.411 e. The number of hydrogen-bond acceptors (Lipinski definition) is 30. The Bertz CT molecular complexity index is 3600. The number of nitrogens with two attached hydrogens (primary N) is 1. The molecule has 2 aliphatic heterocycles. The molecule has 2 aliphatic rings.